The van der Waals surface area contributed by atoms with Crippen LogP contribution in [0.25, 0.3) is 0 Å². The van der Waals surface area contributed by atoms with E-state index in [1.165, 1.54) is 6.42 Å². The molecule has 0 aliphatic carbocycles. The van der Waals surface area contributed by atoms with Crippen LogP contribution < -0.4 is 16.0 Å². The van der Waals surface area contributed by atoms with Crippen LogP contribution in [0.5, 0.6) is 5.75 Å². The monoisotopic (exact) mass is 277 g/mol. The SMILES string of the molecule is Oc1ccccc1CC1CCNCCCNCCCN1. The minimum atomic E-state index is 0.412. The van der Waals surface area contributed by atoms with E-state index in [1.807, 2.05) is 18.2 Å². The third kappa shape index (κ3) is 5.49. The first-order valence-corrected chi connectivity index (χ1v) is 7.78. The molecule has 0 radical (unpaired) electrons. The Morgan fingerprint density at radius 1 is 0.950 bits per heavy atom. The van der Waals surface area contributed by atoms with Gasteiger partial charge in [-0.3, -0.25) is 0 Å². The van der Waals surface area contributed by atoms with Crippen molar-refractivity contribution < 1.29 is 5.11 Å². The number of rotatable bonds is 2. The third-order valence-electron chi connectivity index (χ3n) is 3.80. The summed E-state index contributed by atoms with van der Waals surface area (Å²) in [6, 6.07) is 8.08. The topological polar surface area (TPSA) is 56.3 Å². The van der Waals surface area contributed by atoms with Gasteiger partial charge < -0.3 is 21.1 Å². The van der Waals surface area contributed by atoms with Crippen molar-refractivity contribution in [3.63, 3.8) is 0 Å². The number of aromatic hydroxyl groups is 1. The fraction of sp³-hybridized carbons (Fsp3) is 0.625. The highest BCUT2D eigenvalue weighted by Crippen LogP contribution is 2.18. The molecule has 1 aliphatic heterocycles. The Morgan fingerprint density at radius 3 is 2.45 bits per heavy atom. The van der Waals surface area contributed by atoms with E-state index in [0.717, 1.165) is 57.5 Å². The summed E-state index contributed by atoms with van der Waals surface area (Å²) in [4.78, 5) is 0. The van der Waals surface area contributed by atoms with E-state index in [1.54, 1.807) is 6.07 Å². The summed E-state index contributed by atoms with van der Waals surface area (Å²) in [6.07, 6.45) is 4.34. The highest BCUT2D eigenvalue weighted by Gasteiger charge is 2.11. The molecule has 1 fully saturated rings. The fourth-order valence-electron chi connectivity index (χ4n) is 2.61. The highest BCUT2D eigenvalue weighted by molar-refractivity contribution is 5.32. The van der Waals surface area contributed by atoms with Gasteiger partial charge in [0.2, 0.25) is 0 Å². The molecular weight excluding hydrogens is 250 g/mol. The Bertz CT molecular complexity index is 372. The molecule has 4 nitrogen and oxygen atoms in total. The summed E-state index contributed by atoms with van der Waals surface area (Å²) >= 11 is 0. The molecule has 1 saturated heterocycles. The van der Waals surface area contributed by atoms with E-state index in [0.29, 0.717) is 11.8 Å². The van der Waals surface area contributed by atoms with Crippen molar-refractivity contribution in [3.05, 3.63) is 29.8 Å². The number of hydrogen-bond donors (Lipinski definition) is 4. The van der Waals surface area contributed by atoms with Crippen LogP contribution >= 0.6 is 0 Å². The predicted molar refractivity (Wildman–Crippen MR) is 83.2 cm³/mol. The van der Waals surface area contributed by atoms with Crippen LogP contribution in [0, 0.1) is 0 Å². The summed E-state index contributed by atoms with van der Waals surface area (Å²) in [5.74, 6) is 0.412. The summed E-state index contributed by atoms with van der Waals surface area (Å²) < 4.78 is 0. The van der Waals surface area contributed by atoms with Crippen LogP contribution in [0.3, 0.4) is 0 Å². The van der Waals surface area contributed by atoms with Crippen molar-refractivity contribution in [2.24, 2.45) is 0 Å². The van der Waals surface area contributed by atoms with E-state index in [9.17, 15) is 5.11 Å². The smallest absolute Gasteiger partial charge is 0.118 e. The maximum Gasteiger partial charge on any atom is 0.118 e. The van der Waals surface area contributed by atoms with Gasteiger partial charge in [0, 0.05) is 6.04 Å². The lowest BCUT2D eigenvalue weighted by Crippen LogP contribution is -2.37. The highest BCUT2D eigenvalue weighted by atomic mass is 16.3. The summed E-state index contributed by atoms with van der Waals surface area (Å²) in [5, 5.41) is 20.5. The maximum atomic E-state index is 9.90. The number of nitrogens with one attached hydrogen (secondary N) is 3. The molecule has 2 rings (SSSR count). The van der Waals surface area contributed by atoms with E-state index in [2.05, 4.69) is 16.0 Å². The Kier molecular flexibility index (Phi) is 6.84. The third-order valence-corrected chi connectivity index (χ3v) is 3.80. The fourth-order valence-corrected chi connectivity index (χ4v) is 2.61. The lowest BCUT2D eigenvalue weighted by atomic mass is 10.0. The van der Waals surface area contributed by atoms with E-state index >= 15 is 0 Å². The van der Waals surface area contributed by atoms with Gasteiger partial charge in [-0.25, -0.2) is 0 Å². The first kappa shape index (κ1) is 15.3. The van der Waals surface area contributed by atoms with Gasteiger partial charge in [0.1, 0.15) is 5.75 Å². The zero-order valence-corrected chi connectivity index (χ0v) is 12.2. The molecule has 20 heavy (non-hydrogen) atoms. The molecule has 0 aromatic heterocycles. The molecule has 1 unspecified atom stereocenters. The Labute approximate surface area is 122 Å². The lowest BCUT2D eigenvalue weighted by Gasteiger charge is -2.21. The second-order valence-electron chi connectivity index (χ2n) is 5.48. The van der Waals surface area contributed by atoms with Crippen LogP contribution in [0.15, 0.2) is 24.3 Å². The molecule has 1 aromatic carbocycles. The molecule has 112 valence electrons. The second kappa shape index (κ2) is 8.95. The predicted octanol–water partition coefficient (Wildman–Crippen LogP) is 1.26. The van der Waals surface area contributed by atoms with E-state index < -0.39 is 0 Å². The Hall–Kier alpha value is -1.10. The van der Waals surface area contributed by atoms with E-state index in [4.69, 9.17) is 0 Å². The number of hydrogen-bond acceptors (Lipinski definition) is 4. The van der Waals surface area contributed by atoms with Gasteiger partial charge in [-0.1, -0.05) is 18.2 Å². The van der Waals surface area contributed by atoms with Crippen LogP contribution in [0.2, 0.25) is 0 Å². The van der Waals surface area contributed by atoms with Crippen LogP contribution in [-0.2, 0) is 6.42 Å². The summed E-state index contributed by atoms with van der Waals surface area (Å²) in [5.41, 5.74) is 1.04. The van der Waals surface area contributed by atoms with Crippen molar-refractivity contribution in [3.8, 4) is 5.75 Å². The van der Waals surface area contributed by atoms with Gasteiger partial charge in [-0.05, 0) is 70.0 Å². The van der Waals surface area contributed by atoms with Gasteiger partial charge in [-0.15, -0.1) is 0 Å². The number of phenols is 1. The number of para-hydroxylation sites is 1. The van der Waals surface area contributed by atoms with Gasteiger partial charge in [0.25, 0.3) is 0 Å². The van der Waals surface area contributed by atoms with Crippen LogP contribution in [0.4, 0.5) is 0 Å². The molecule has 1 atom stereocenters. The average molecular weight is 277 g/mol. The van der Waals surface area contributed by atoms with Gasteiger partial charge in [-0.2, -0.15) is 0 Å². The molecule has 1 heterocycles. The molecule has 0 bridgehead atoms. The lowest BCUT2D eigenvalue weighted by molar-refractivity contribution is 0.426. The zero-order chi connectivity index (χ0) is 14.0. The van der Waals surface area contributed by atoms with Crippen molar-refractivity contribution in [1.82, 2.24) is 16.0 Å². The first-order valence-electron chi connectivity index (χ1n) is 7.78. The molecule has 0 spiro atoms. The summed E-state index contributed by atoms with van der Waals surface area (Å²) in [6.45, 7) is 5.33. The first-order chi connectivity index (χ1) is 9.86. The largest absolute Gasteiger partial charge is 0.508 e. The molecule has 4 N–H and O–H groups in total. The van der Waals surface area contributed by atoms with Crippen LogP contribution in [0.1, 0.15) is 24.8 Å². The van der Waals surface area contributed by atoms with Gasteiger partial charge in [0.05, 0.1) is 0 Å². The molecule has 0 saturated carbocycles. The molecule has 1 aromatic rings. The Balaban J connectivity index is 1.87. The van der Waals surface area contributed by atoms with Gasteiger partial charge >= 0.3 is 0 Å². The van der Waals surface area contributed by atoms with Crippen LogP contribution in [-0.4, -0.2) is 43.9 Å². The molecule has 4 heteroatoms. The molecule has 0 amide bonds. The quantitative estimate of drug-likeness (QED) is 0.657. The second-order valence-corrected chi connectivity index (χ2v) is 5.48. The number of benzene rings is 1. The summed E-state index contributed by atoms with van der Waals surface area (Å²) in [7, 11) is 0. The van der Waals surface area contributed by atoms with Crippen molar-refractivity contribution in [1.29, 1.82) is 0 Å². The zero-order valence-electron chi connectivity index (χ0n) is 12.2. The van der Waals surface area contributed by atoms with Crippen molar-refractivity contribution >= 4 is 0 Å². The van der Waals surface area contributed by atoms with Crippen molar-refractivity contribution in [2.45, 2.75) is 31.7 Å². The van der Waals surface area contributed by atoms with E-state index in [-0.39, 0.29) is 0 Å². The van der Waals surface area contributed by atoms with Crippen molar-refractivity contribution in [2.75, 3.05) is 32.7 Å². The number of phenolic OH excluding ortho intramolecular Hbond substituents is 1. The standard InChI is InChI=1S/C16H27N3O/c20-16-6-2-1-5-14(16)13-15-7-12-18-9-3-8-17-10-4-11-19-15/h1-2,5-6,15,17-20H,3-4,7-13H2. The normalized spacial score (nSPS) is 22.7. The molecule has 1 aliphatic rings. The molecular formula is C16H27N3O. The average Bonchev–Trinajstić information content (AvgIpc) is 2.44. The Morgan fingerprint density at radius 2 is 1.65 bits per heavy atom. The minimum Gasteiger partial charge on any atom is -0.508 e. The maximum absolute atomic E-state index is 9.90. The van der Waals surface area contributed by atoms with Gasteiger partial charge in [0.15, 0.2) is 0 Å². The minimum absolute atomic E-state index is 0.412.